The molecule has 5 N–H and O–H groups in total. The van der Waals surface area contributed by atoms with Crippen molar-refractivity contribution in [2.75, 3.05) is 18.4 Å². The Hall–Kier alpha value is -2.51. The van der Waals surface area contributed by atoms with Gasteiger partial charge in [0.25, 0.3) is 0 Å². The summed E-state index contributed by atoms with van der Waals surface area (Å²) < 4.78 is 0. The van der Waals surface area contributed by atoms with Crippen molar-refractivity contribution in [2.24, 2.45) is 5.92 Å². The Morgan fingerprint density at radius 2 is 1.95 bits per heavy atom. The summed E-state index contributed by atoms with van der Waals surface area (Å²) in [6.45, 7) is 5.95. The Morgan fingerprint density at radius 1 is 1.29 bits per heavy atom. The number of aromatic nitrogens is 1. The second-order valence-corrected chi connectivity index (χ2v) is 5.05. The van der Waals surface area contributed by atoms with Crippen LogP contribution >= 0.6 is 0 Å². The van der Waals surface area contributed by atoms with Crippen LogP contribution in [0.15, 0.2) is 6.07 Å². The molecular formula is C13H20N4O4. The highest BCUT2D eigenvalue weighted by atomic mass is 16.4. The first-order chi connectivity index (χ1) is 9.79. The van der Waals surface area contributed by atoms with Gasteiger partial charge in [-0.25, -0.2) is 9.59 Å². The lowest BCUT2D eigenvalue weighted by Crippen LogP contribution is -2.40. The van der Waals surface area contributed by atoms with Gasteiger partial charge in [0.15, 0.2) is 0 Å². The standard InChI is InChI=1S/C13H20N4O4/c1-7(2)5-14-10(18)6-15-13(21)17-9-4-8(3)16-11(9)12(19)20/h4,7,16H,5-6H2,1-3H3,(H,14,18)(H,19,20)(H2,15,17,21). The molecule has 0 unspecified atom stereocenters. The first-order valence-electron chi connectivity index (χ1n) is 6.54. The van der Waals surface area contributed by atoms with Crippen LogP contribution in [0.5, 0.6) is 0 Å². The summed E-state index contributed by atoms with van der Waals surface area (Å²) in [5.74, 6) is -1.15. The van der Waals surface area contributed by atoms with Crippen LogP contribution in [0.2, 0.25) is 0 Å². The highest BCUT2D eigenvalue weighted by Gasteiger charge is 2.15. The summed E-state index contributed by atoms with van der Waals surface area (Å²) in [4.78, 5) is 36.7. The number of carbonyl (C=O) groups is 3. The number of urea groups is 1. The molecule has 21 heavy (non-hydrogen) atoms. The number of amides is 3. The normalized spacial score (nSPS) is 10.3. The lowest BCUT2D eigenvalue weighted by molar-refractivity contribution is -0.120. The minimum Gasteiger partial charge on any atom is -0.477 e. The van der Waals surface area contributed by atoms with Crippen LogP contribution in [-0.2, 0) is 4.79 Å². The average Bonchev–Trinajstić information content (AvgIpc) is 2.75. The molecule has 116 valence electrons. The van der Waals surface area contributed by atoms with E-state index < -0.39 is 12.0 Å². The van der Waals surface area contributed by atoms with Gasteiger partial charge in [-0.1, -0.05) is 13.8 Å². The Bertz CT molecular complexity index is 536. The van der Waals surface area contributed by atoms with E-state index in [-0.39, 0.29) is 23.8 Å². The van der Waals surface area contributed by atoms with Crippen LogP contribution in [0.1, 0.15) is 30.0 Å². The molecular weight excluding hydrogens is 276 g/mol. The number of H-pyrrole nitrogens is 1. The van der Waals surface area contributed by atoms with Crippen molar-refractivity contribution in [2.45, 2.75) is 20.8 Å². The van der Waals surface area contributed by atoms with Gasteiger partial charge in [0.2, 0.25) is 5.91 Å². The number of rotatable bonds is 6. The molecule has 1 aromatic rings. The maximum Gasteiger partial charge on any atom is 0.354 e. The fourth-order valence-corrected chi connectivity index (χ4v) is 1.56. The zero-order chi connectivity index (χ0) is 16.0. The number of hydrogen-bond donors (Lipinski definition) is 5. The molecule has 1 rings (SSSR count). The molecule has 1 aromatic heterocycles. The molecule has 0 radical (unpaired) electrons. The van der Waals surface area contributed by atoms with Gasteiger partial charge >= 0.3 is 12.0 Å². The van der Waals surface area contributed by atoms with E-state index in [4.69, 9.17) is 5.11 Å². The lowest BCUT2D eigenvalue weighted by Gasteiger charge is -2.09. The number of aryl methyl sites for hydroxylation is 1. The molecule has 0 fully saturated rings. The summed E-state index contributed by atoms with van der Waals surface area (Å²) in [5, 5.41) is 16.4. The van der Waals surface area contributed by atoms with Crippen LogP contribution in [0.4, 0.5) is 10.5 Å². The number of carboxylic acid groups (broad SMARTS) is 1. The van der Waals surface area contributed by atoms with Crippen molar-refractivity contribution in [3.63, 3.8) is 0 Å². The van der Waals surface area contributed by atoms with Crippen molar-refractivity contribution in [3.05, 3.63) is 17.5 Å². The molecule has 0 spiro atoms. The minimum absolute atomic E-state index is 0.105. The average molecular weight is 296 g/mol. The van der Waals surface area contributed by atoms with E-state index in [9.17, 15) is 14.4 Å². The fraction of sp³-hybridized carbons (Fsp3) is 0.462. The topological polar surface area (TPSA) is 123 Å². The first kappa shape index (κ1) is 16.5. The smallest absolute Gasteiger partial charge is 0.354 e. The number of carbonyl (C=O) groups excluding carboxylic acids is 2. The van der Waals surface area contributed by atoms with Crippen molar-refractivity contribution >= 4 is 23.6 Å². The largest absolute Gasteiger partial charge is 0.477 e. The zero-order valence-electron chi connectivity index (χ0n) is 12.2. The second kappa shape index (κ2) is 7.32. The highest BCUT2D eigenvalue weighted by molar-refractivity contribution is 5.99. The molecule has 0 saturated heterocycles. The van der Waals surface area contributed by atoms with E-state index in [1.807, 2.05) is 13.8 Å². The summed E-state index contributed by atoms with van der Waals surface area (Å²) >= 11 is 0. The molecule has 3 amide bonds. The van der Waals surface area contributed by atoms with Gasteiger partial charge in [-0.3, -0.25) is 4.79 Å². The van der Waals surface area contributed by atoms with Gasteiger partial charge in [0.1, 0.15) is 5.69 Å². The van der Waals surface area contributed by atoms with Gasteiger partial charge in [0.05, 0.1) is 12.2 Å². The summed E-state index contributed by atoms with van der Waals surface area (Å²) in [5.41, 5.74) is 0.657. The van der Waals surface area contributed by atoms with Crippen molar-refractivity contribution < 1.29 is 19.5 Å². The first-order valence-corrected chi connectivity index (χ1v) is 6.54. The highest BCUT2D eigenvalue weighted by Crippen LogP contribution is 2.16. The molecule has 0 bridgehead atoms. The number of hydrogen-bond acceptors (Lipinski definition) is 3. The zero-order valence-corrected chi connectivity index (χ0v) is 12.2. The maximum absolute atomic E-state index is 11.6. The third-order valence-corrected chi connectivity index (χ3v) is 2.53. The fourth-order valence-electron chi connectivity index (χ4n) is 1.56. The predicted molar refractivity (Wildman–Crippen MR) is 77.4 cm³/mol. The Kier molecular flexibility index (Phi) is 5.77. The quantitative estimate of drug-likeness (QED) is 0.535. The third kappa shape index (κ3) is 5.55. The third-order valence-electron chi connectivity index (χ3n) is 2.53. The molecule has 0 aliphatic heterocycles. The molecule has 8 heteroatoms. The summed E-state index contributed by atoms with van der Waals surface area (Å²) in [6, 6.07) is 0.859. The number of aromatic carboxylic acids is 1. The predicted octanol–water partition coefficient (Wildman–Crippen LogP) is 0.915. The van der Waals surface area contributed by atoms with Crippen LogP contribution in [0.3, 0.4) is 0 Å². The van der Waals surface area contributed by atoms with E-state index in [1.165, 1.54) is 6.07 Å². The minimum atomic E-state index is -1.17. The van der Waals surface area contributed by atoms with Gasteiger partial charge in [0, 0.05) is 12.2 Å². The van der Waals surface area contributed by atoms with Gasteiger partial charge in [-0.05, 0) is 18.9 Å². The maximum atomic E-state index is 11.6. The summed E-state index contributed by atoms with van der Waals surface area (Å²) in [7, 11) is 0. The van der Waals surface area contributed by atoms with Crippen LogP contribution in [-0.4, -0.2) is 41.1 Å². The van der Waals surface area contributed by atoms with E-state index in [2.05, 4.69) is 20.9 Å². The van der Waals surface area contributed by atoms with Crippen molar-refractivity contribution in [3.8, 4) is 0 Å². The number of anilines is 1. The molecule has 0 aromatic carbocycles. The monoisotopic (exact) mass is 296 g/mol. The van der Waals surface area contributed by atoms with Crippen LogP contribution < -0.4 is 16.0 Å². The van der Waals surface area contributed by atoms with E-state index in [0.717, 1.165) is 0 Å². The molecule has 1 heterocycles. The number of nitrogens with one attached hydrogen (secondary N) is 4. The van der Waals surface area contributed by atoms with E-state index in [1.54, 1.807) is 6.92 Å². The van der Waals surface area contributed by atoms with Crippen molar-refractivity contribution in [1.29, 1.82) is 0 Å². The number of aromatic amines is 1. The SMILES string of the molecule is Cc1cc(NC(=O)NCC(=O)NCC(C)C)c(C(=O)O)[nH]1. The van der Waals surface area contributed by atoms with E-state index in [0.29, 0.717) is 18.2 Å². The summed E-state index contributed by atoms with van der Waals surface area (Å²) in [6.07, 6.45) is 0. The lowest BCUT2D eigenvalue weighted by atomic mass is 10.2. The molecule has 0 saturated carbocycles. The van der Waals surface area contributed by atoms with Gasteiger partial charge in [-0.2, -0.15) is 0 Å². The second-order valence-electron chi connectivity index (χ2n) is 5.05. The Morgan fingerprint density at radius 3 is 2.52 bits per heavy atom. The van der Waals surface area contributed by atoms with Gasteiger partial charge < -0.3 is 26.0 Å². The molecule has 8 nitrogen and oxygen atoms in total. The molecule has 0 aliphatic carbocycles. The Labute approximate surface area is 122 Å². The molecule has 0 atom stereocenters. The van der Waals surface area contributed by atoms with Crippen molar-refractivity contribution in [1.82, 2.24) is 15.6 Å². The number of carboxylic acids is 1. The van der Waals surface area contributed by atoms with Gasteiger partial charge in [-0.15, -0.1) is 0 Å². The van der Waals surface area contributed by atoms with Crippen LogP contribution in [0.25, 0.3) is 0 Å². The van der Waals surface area contributed by atoms with E-state index >= 15 is 0 Å². The molecule has 0 aliphatic rings. The Balaban J connectivity index is 2.47. The van der Waals surface area contributed by atoms with Crippen LogP contribution in [0, 0.1) is 12.8 Å².